The van der Waals surface area contributed by atoms with Crippen LogP contribution in [0.2, 0.25) is 0 Å². The fourth-order valence-corrected chi connectivity index (χ4v) is 3.58. The molecular formula is C15H13N3O3S2. The van der Waals surface area contributed by atoms with Gasteiger partial charge in [0.05, 0.1) is 11.5 Å². The molecule has 1 aromatic carbocycles. The van der Waals surface area contributed by atoms with Crippen LogP contribution in [0, 0.1) is 5.41 Å². The maximum Gasteiger partial charge on any atom is 0.273 e. The average molecular weight is 347 g/mol. The second kappa shape index (κ2) is 6.43. The van der Waals surface area contributed by atoms with E-state index < -0.39 is 0 Å². The number of thiazole rings is 1. The molecule has 1 aliphatic rings. The van der Waals surface area contributed by atoms with Crippen LogP contribution in [0.3, 0.4) is 0 Å². The number of rotatable bonds is 4. The third kappa shape index (κ3) is 3.08. The highest BCUT2D eigenvalue weighted by Gasteiger charge is 2.35. The van der Waals surface area contributed by atoms with Gasteiger partial charge in [-0.1, -0.05) is 6.07 Å². The van der Waals surface area contributed by atoms with Crippen molar-refractivity contribution in [3.05, 3.63) is 40.2 Å². The first-order valence-electron chi connectivity index (χ1n) is 6.78. The molecular weight excluding hydrogens is 334 g/mol. The molecule has 8 heteroatoms. The first kappa shape index (κ1) is 15.6. The molecule has 0 radical (unpaired) electrons. The van der Waals surface area contributed by atoms with Crippen LogP contribution in [0.5, 0.6) is 11.5 Å². The minimum Gasteiger partial charge on any atom is -0.504 e. The van der Waals surface area contributed by atoms with E-state index in [4.69, 9.17) is 10.1 Å². The van der Waals surface area contributed by atoms with E-state index in [9.17, 15) is 9.90 Å². The zero-order valence-corrected chi connectivity index (χ0v) is 13.8. The molecule has 1 aliphatic heterocycles. The summed E-state index contributed by atoms with van der Waals surface area (Å²) in [5, 5.41) is 20.1. The predicted molar refractivity (Wildman–Crippen MR) is 92.2 cm³/mol. The number of benzene rings is 1. The number of phenolic OH excluding ortho intramolecular Hbond substituents is 1. The Morgan fingerprint density at radius 3 is 3.00 bits per heavy atom. The lowest BCUT2D eigenvalue weighted by Crippen LogP contribution is -2.27. The van der Waals surface area contributed by atoms with Crippen molar-refractivity contribution in [1.29, 1.82) is 5.41 Å². The van der Waals surface area contributed by atoms with Crippen molar-refractivity contribution in [2.45, 2.75) is 6.92 Å². The molecule has 1 aromatic heterocycles. The first-order valence-corrected chi connectivity index (χ1v) is 8.47. The van der Waals surface area contributed by atoms with E-state index >= 15 is 0 Å². The van der Waals surface area contributed by atoms with Crippen molar-refractivity contribution in [2.75, 3.05) is 11.5 Å². The molecule has 6 nitrogen and oxygen atoms in total. The highest BCUT2D eigenvalue weighted by Crippen LogP contribution is 2.36. The Bertz CT molecular complexity index is 787. The van der Waals surface area contributed by atoms with E-state index in [1.54, 1.807) is 29.8 Å². The summed E-state index contributed by atoms with van der Waals surface area (Å²) >= 11 is 2.39. The number of aromatic nitrogens is 1. The van der Waals surface area contributed by atoms with Gasteiger partial charge in [0.15, 0.2) is 21.8 Å². The average Bonchev–Trinajstić information content (AvgIpc) is 3.12. The van der Waals surface area contributed by atoms with Gasteiger partial charge >= 0.3 is 0 Å². The number of thioether (sulfide) groups is 1. The Labute approximate surface area is 140 Å². The van der Waals surface area contributed by atoms with E-state index in [1.165, 1.54) is 22.3 Å². The predicted octanol–water partition coefficient (Wildman–Crippen LogP) is 3.30. The zero-order chi connectivity index (χ0) is 16.4. The van der Waals surface area contributed by atoms with Crippen molar-refractivity contribution in [1.82, 2.24) is 4.98 Å². The van der Waals surface area contributed by atoms with Crippen LogP contribution >= 0.6 is 23.1 Å². The van der Waals surface area contributed by atoms with Gasteiger partial charge in [0.1, 0.15) is 0 Å². The summed E-state index contributed by atoms with van der Waals surface area (Å²) in [5.41, 5.74) is 0.718. The molecule has 2 N–H and O–H groups in total. The molecule has 0 atom stereocenters. The molecule has 0 aliphatic carbocycles. The van der Waals surface area contributed by atoms with Crippen molar-refractivity contribution in [3.63, 3.8) is 0 Å². The summed E-state index contributed by atoms with van der Waals surface area (Å²) in [7, 11) is 0. The number of aromatic hydroxyl groups is 1. The minimum absolute atomic E-state index is 0.0524. The Morgan fingerprint density at radius 1 is 1.48 bits per heavy atom. The molecule has 3 rings (SSSR count). The second-order valence-corrected chi connectivity index (χ2v) is 6.43. The highest BCUT2D eigenvalue weighted by atomic mass is 32.2. The number of carbonyl (C=O) groups excluding carboxylic acids is 1. The Kier molecular flexibility index (Phi) is 4.35. The van der Waals surface area contributed by atoms with Gasteiger partial charge in [-0.15, -0.1) is 11.3 Å². The lowest BCUT2D eigenvalue weighted by atomic mass is 10.2. The van der Waals surface area contributed by atoms with Gasteiger partial charge in [0.25, 0.3) is 5.91 Å². The SMILES string of the molecule is CCOc1cc(/C=C2\SC(=N)N(c3nccs3)C2=O)ccc1O. The Balaban J connectivity index is 1.90. The molecule has 1 fully saturated rings. The molecule has 0 saturated carbocycles. The van der Waals surface area contributed by atoms with Gasteiger partial charge < -0.3 is 9.84 Å². The lowest BCUT2D eigenvalue weighted by Gasteiger charge is -2.09. The first-order chi connectivity index (χ1) is 11.1. The van der Waals surface area contributed by atoms with E-state index in [0.717, 1.165) is 17.3 Å². The molecule has 0 unspecified atom stereocenters. The van der Waals surface area contributed by atoms with Crippen LogP contribution in [-0.2, 0) is 4.79 Å². The highest BCUT2D eigenvalue weighted by molar-refractivity contribution is 8.19. The molecule has 2 aromatic rings. The van der Waals surface area contributed by atoms with Gasteiger partial charge in [-0.2, -0.15) is 0 Å². The maximum absolute atomic E-state index is 12.5. The van der Waals surface area contributed by atoms with Gasteiger partial charge in [0, 0.05) is 11.6 Å². The van der Waals surface area contributed by atoms with E-state index in [0.29, 0.717) is 22.4 Å². The van der Waals surface area contributed by atoms with E-state index in [1.807, 2.05) is 6.92 Å². The number of amidine groups is 1. The van der Waals surface area contributed by atoms with Crippen LogP contribution < -0.4 is 9.64 Å². The van der Waals surface area contributed by atoms with Crippen molar-refractivity contribution < 1.29 is 14.6 Å². The van der Waals surface area contributed by atoms with Gasteiger partial charge in [0.2, 0.25) is 0 Å². The van der Waals surface area contributed by atoms with Crippen LogP contribution in [0.15, 0.2) is 34.7 Å². The number of amides is 1. The van der Waals surface area contributed by atoms with E-state index in [2.05, 4.69) is 4.98 Å². The number of ether oxygens (including phenoxy) is 1. The lowest BCUT2D eigenvalue weighted by molar-refractivity contribution is -0.113. The molecule has 0 bridgehead atoms. The molecule has 23 heavy (non-hydrogen) atoms. The van der Waals surface area contributed by atoms with Crippen LogP contribution in [0.4, 0.5) is 5.13 Å². The normalized spacial score (nSPS) is 16.4. The Morgan fingerprint density at radius 2 is 2.30 bits per heavy atom. The summed E-state index contributed by atoms with van der Waals surface area (Å²) in [6, 6.07) is 4.87. The Hall–Kier alpha value is -2.32. The number of hydrogen-bond acceptors (Lipinski definition) is 7. The quantitative estimate of drug-likeness (QED) is 0.829. The number of hydrogen-bond donors (Lipinski definition) is 2. The third-order valence-corrected chi connectivity index (χ3v) is 4.66. The number of anilines is 1. The summed E-state index contributed by atoms with van der Waals surface area (Å²) in [6.07, 6.45) is 3.28. The summed E-state index contributed by atoms with van der Waals surface area (Å²) in [4.78, 5) is 18.3. The molecule has 118 valence electrons. The molecule has 0 spiro atoms. The minimum atomic E-state index is -0.277. The zero-order valence-electron chi connectivity index (χ0n) is 12.1. The maximum atomic E-state index is 12.5. The number of carbonyl (C=O) groups is 1. The van der Waals surface area contributed by atoms with Crippen molar-refractivity contribution in [3.8, 4) is 11.5 Å². The largest absolute Gasteiger partial charge is 0.504 e. The molecule has 1 amide bonds. The van der Waals surface area contributed by atoms with Crippen LogP contribution in [-0.4, -0.2) is 27.8 Å². The standard InChI is InChI=1S/C15H13N3O3S2/c1-2-21-11-7-9(3-4-10(11)19)8-12-13(20)18(14(16)23-12)15-17-5-6-22-15/h3-8,16,19H,2H2,1H3/b12-8-,16-14?. The number of phenols is 1. The van der Waals surface area contributed by atoms with Gasteiger partial charge in [-0.25, -0.2) is 9.88 Å². The van der Waals surface area contributed by atoms with Crippen LogP contribution in [0.25, 0.3) is 6.08 Å². The van der Waals surface area contributed by atoms with Crippen molar-refractivity contribution >= 4 is 45.4 Å². The molecule has 2 heterocycles. The summed E-state index contributed by atoms with van der Waals surface area (Å²) in [6.45, 7) is 2.26. The number of nitrogens with one attached hydrogen (secondary N) is 1. The van der Waals surface area contributed by atoms with Crippen LogP contribution in [0.1, 0.15) is 12.5 Å². The summed E-state index contributed by atoms with van der Waals surface area (Å²) in [5.74, 6) is 0.140. The number of nitrogens with zero attached hydrogens (tertiary/aromatic N) is 2. The van der Waals surface area contributed by atoms with E-state index in [-0.39, 0.29) is 16.8 Å². The second-order valence-electron chi connectivity index (χ2n) is 4.53. The van der Waals surface area contributed by atoms with Gasteiger partial charge in [-0.3, -0.25) is 10.2 Å². The monoisotopic (exact) mass is 347 g/mol. The summed E-state index contributed by atoms with van der Waals surface area (Å²) < 4.78 is 5.34. The van der Waals surface area contributed by atoms with Crippen molar-refractivity contribution in [2.24, 2.45) is 0 Å². The van der Waals surface area contributed by atoms with Gasteiger partial charge in [-0.05, 0) is 42.5 Å². The fraction of sp³-hybridized carbons (Fsp3) is 0.133. The smallest absolute Gasteiger partial charge is 0.273 e. The topological polar surface area (TPSA) is 86.5 Å². The third-order valence-electron chi connectivity index (χ3n) is 3.02. The molecule has 1 saturated heterocycles. The fourth-order valence-electron chi connectivity index (χ4n) is 2.03.